The lowest BCUT2D eigenvalue weighted by Gasteiger charge is -2.36. The third-order valence-electron chi connectivity index (χ3n) is 6.02. The number of phenolic OH excluding ortho intramolecular Hbond substituents is 1. The number of benzene rings is 1. The number of carboxylic acids is 1. The molecule has 1 aliphatic rings. The maximum Gasteiger partial charge on any atom is 0.327 e. The molecule has 1 aromatic carbocycles. The number of nitrogens with zero attached hydrogens (tertiary/aromatic N) is 1. The minimum Gasteiger partial charge on any atom is -0.507 e. The number of rotatable bonds is 10. The standard InChI is InChI=1S/C25H35NO6/c1-6-18(8-7-9-24(29)30)20(13-23(28)26-14-16(2)10-17(3)15-26)25-21(27)11-19(31-4)12-22(25)32-5/h6-7,9,11-12,16-18,20,27H,1,8,10,13-15H2,2-5H3,(H,29,30)/b9-7+/t16-,17+,18?,20?. The first-order chi connectivity index (χ1) is 15.2. The first kappa shape index (κ1) is 25.3. The summed E-state index contributed by atoms with van der Waals surface area (Å²) in [5.74, 6) is -0.108. The Labute approximate surface area is 190 Å². The van der Waals surface area contributed by atoms with Crippen LogP contribution in [-0.2, 0) is 9.59 Å². The molecule has 1 heterocycles. The Morgan fingerprint density at radius 2 is 1.88 bits per heavy atom. The number of hydrogen-bond donors (Lipinski definition) is 2. The molecule has 2 unspecified atom stereocenters. The largest absolute Gasteiger partial charge is 0.507 e. The van der Waals surface area contributed by atoms with Crippen LogP contribution < -0.4 is 9.47 Å². The Bertz CT molecular complexity index is 839. The number of carboxylic acid groups (broad SMARTS) is 1. The maximum absolute atomic E-state index is 13.3. The van der Waals surface area contributed by atoms with E-state index in [0.717, 1.165) is 12.5 Å². The zero-order valence-corrected chi connectivity index (χ0v) is 19.4. The van der Waals surface area contributed by atoms with Crippen molar-refractivity contribution in [2.45, 2.75) is 39.0 Å². The van der Waals surface area contributed by atoms with Gasteiger partial charge >= 0.3 is 5.97 Å². The minimum absolute atomic E-state index is 0.000245. The van der Waals surface area contributed by atoms with Gasteiger partial charge < -0.3 is 24.6 Å². The fourth-order valence-corrected chi connectivity index (χ4v) is 4.65. The molecule has 32 heavy (non-hydrogen) atoms. The van der Waals surface area contributed by atoms with Crippen molar-refractivity contribution in [1.29, 1.82) is 0 Å². The van der Waals surface area contributed by atoms with E-state index in [4.69, 9.17) is 14.6 Å². The third kappa shape index (κ3) is 6.52. The van der Waals surface area contributed by atoms with Crippen LogP contribution in [0.4, 0.5) is 0 Å². The molecule has 0 bridgehead atoms. The minimum atomic E-state index is -1.04. The fraction of sp³-hybridized carbons (Fsp3) is 0.520. The number of allylic oxidation sites excluding steroid dienone is 2. The lowest BCUT2D eigenvalue weighted by Crippen LogP contribution is -2.43. The van der Waals surface area contributed by atoms with E-state index in [0.29, 0.717) is 48.4 Å². The zero-order chi connectivity index (χ0) is 23.8. The van der Waals surface area contributed by atoms with Crippen molar-refractivity contribution in [2.24, 2.45) is 17.8 Å². The molecule has 0 saturated carbocycles. The van der Waals surface area contributed by atoms with Crippen molar-refractivity contribution < 1.29 is 29.3 Å². The first-order valence-electron chi connectivity index (χ1n) is 10.9. The van der Waals surface area contributed by atoms with Crippen molar-refractivity contribution >= 4 is 11.9 Å². The molecule has 1 saturated heterocycles. The summed E-state index contributed by atoms with van der Waals surface area (Å²) >= 11 is 0. The van der Waals surface area contributed by atoms with E-state index in [2.05, 4.69) is 20.4 Å². The van der Waals surface area contributed by atoms with Crippen LogP contribution in [0.5, 0.6) is 17.2 Å². The van der Waals surface area contributed by atoms with Crippen LogP contribution in [0.25, 0.3) is 0 Å². The second-order valence-corrected chi connectivity index (χ2v) is 8.69. The number of carbonyl (C=O) groups is 2. The molecule has 1 aliphatic heterocycles. The van der Waals surface area contributed by atoms with Gasteiger partial charge in [0.25, 0.3) is 0 Å². The summed E-state index contributed by atoms with van der Waals surface area (Å²) in [5.41, 5.74) is 0.494. The van der Waals surface area contributed by atoms with Gasteiger partial charge in [0.1, 0.15) is 17.2 Å². The number of aliphatic carboxylic acids is 1. The summed E-state index contributed by atoms with van der Waals surface area (Å²) in [6, 6.07) is 3.17. The van der Waals surface area contributed by atoms with Gasteiger partial charge in [-0.2, -0.15) is 0 Å². The Morgan fingerprint density at radius 1 is 1.22 bits per heavy atom. The molecular weight excluding hydrogens is 410 g/mol. The second kappa shape index (κ2) is 11.6. The maximum atomic E-state index is 13.3. The van der Waals surface area contributed by atoms with E-state index < -0.39 is 11.9 Å². The molecule has 7 heteroatoms. The van der Waals surface area contributed by atoms with Gasteiger partial charge in [0.05, 0.1) is 14.2 Å². The van der Waals surface area contributed by atoms with Crippen molar-refractivity contribution in [3.05, 3.63) is 42.5 Å². The van der Waals surface area contributed by atoms with Crippen LogP contribution in [0.15, 0.2) is 36.9 Å². The van der Waals surface area contributed by atoms with E-state index in [1.165, 1.54) is 20.3 Å². The Morgan fingerprint density at radius 3 is 2.41 bits per heavy atom. The van der Waals surface area contributed by atoms with Crippen LogP contribution in [0.1, 0.15) is 44.6 Å². The number of hydrogen-bond acceptors (Lipinski definition) is 5. The van der Waals surface area contributed by atoms with Gasteiger partial charge in [0, 0.05) is 49.2 Å². The summed E-state index contributed by atoms with van der Waals surface area (Å²) in [7, 11) is 2.99. The average molecular weight is 446 g/mol. The Kier molecular flexibility index (Phi) is 9.17. The fourth-order valence-electron chi connectivity index (χ4n) is 4.65. The van der Waals surface area contributed by atoms with Crippen molar-refractivity contribution in [3.63, 3.8) is 0 Å². The molecular formula is C25H35NO6. The van der Waals surface area contributed by atoms with Gasteiger partial charge in [0.15, 0.2) is 0 Å². The lowest BCUT2D eigenvalue weighted by molar-refractivity contribution is -0.134. The highest BCUT2D eigenvalue weighted by Crippen LogP contribution is 2.44. The highest BCUT2D eigenvalue weighted by Gasteiger charge is 2.33. The number of likely N-dealkylation sites (tertiary alicyclic amines) is 1. The first-order valence-corrected chi connectivity index (χ1v) is 10.9. The highest BCUT2D eigenvalue weighted by atomic mass is 16.5. The molecule has 0 radical (unpaired) electrons. The molecule has 0 aliphatic carbocycles. The summed E-state index contributed by atoms with van der Waals surface area (Å²) < 4.78 is 10.8. The molecule has 7 nitrogen and oxygen atoms in total. The quantitative estimate of drug-likeness (QED) is 0.413. The van der Waals surface area contributed by atoms with Gasteiger partial charge in [-0.25, -0.2) is 4.79 Å². The molecule has 0 aromatic heterocycles. The van der Waals surface area contributed by atoms with Crippen LogP contribution in [-0.4, -0.2) is 54.3 Å². The Balaban J connectivity index is 2.44. The van der Waals surface area contributed by atoms with E-state index in [1.807, 2.05) is 4.90 Å². The number of carbonyl (C=O) groups excluding carboxylic acids is 1. The SMILES string of the molecule is C=CC(C/C=C/C(=O)O)C(CC(=O)N1C[C@H](C)C[C@H](C)C1)c1c(O)cc(OC)cc1OC. The normalized spacial score (nSPS) is 20.6. The molecule has 1 fully saturated rings. The lowest BCUT2D eigenvalue weighted by atomic mass is 9.80. The average Bonchev–Trinajstić information content (AvgIpc) is 2.74. The molecule has 2 N–H and O–H groups in total. The summed E-state index contributed by atoms with van der Waals surface area (Å²) in [5, 5.41) is 19.8. The highest BCUT2D eigenvalue weighted by molar-refractivity contribution is 5.79. The van der Waals surface area contributed by atoms with Crippen molar-refractivity contribution in [2.75, 3.05) is 27.3 Å². The van der Waals surface area contributed by atoms with Gasteiger partial charge in [0.2, 0.25) is 5.91 Å². The molecule has 4 atom stereocenters. The predicted molar refractivity (Wildman–Crippen MR) is 123 cm³/mol. The number of amides is 1. The summed E-state index contributed by atoms with van der Waals surface area (Å²) in [6.45, 7) is 9.63. The number of methoxy groups -OCH3 is 2. The number of ether oxygens (including phenoxy) is 2. The number of aromatic hydroxyl groups is 1. The van der Waals surface area contributed by atoms with Crippen LogP contribution in [0, 0.1) is 17.8 Å². The molecule has 0 spiro atoms. The number of piperidine rings is 1. The second-order valence-electron chi connectivity index (χ2n) is 8.69. The van der Waals surface area contributed by atoms with E-state index in [9.17, 15) is 14.7 Å². The van der Waals surface area contributed by atoms with Crippen LogP contribution >= 0.6 is 0 Å². The van der Waals surface area contributed by atoms with Gasteiger partial charge in [-0.3, -0.25) is 4.79 Å². The van der Waals surface area contributed by atoms with Gasteiger partial charge in [-0.15, -0.1) is 6.58 Å². The Hall–Kier alpha value is -2.96. The zero-order valence-electron chi connectivity index (χ0n) is 19.4. The topological polar surface area (TPSA) is 96.3 Å². The third-order valence-corrected chi connectivity index (χ3v) is 6.02. The molecule has 1 aromatic rings. The molecule has 1 amide bonds. The number of phenols is 1. The van der Waals surface area contributed by atoms with E-state index >= 15 is 0 Å². The summed E-state index contributed by atoms with van der Waals surface area (Å²) in [6.07, 6.45) is 5.92. The molecule has 2 rings (SSSR count). The predicted octanol–water partition coefficient (Wildman–Crippen LogP) is 4.22. The smallest absolute Gasteiger partial charge is 0.327 e. The monoisotopic (exact) mass is 445 g/mol. The van der Waals surface area contributed by atoms with Gasteiger partial charge in [-0.05, 0) is 30.6 Å². The van der Waals surface area contributed by atoms with Crippen molar-refractivity contribution in [3.8, 4) is 17.2 Å². The van der Waals surface area contributed by atoms with Crippen molar-refractivity contribution in [1.82, 2.24) is 4.90 Å². The van der Waals surface area contributed by atoms with Gasteiger partial charge in [-0.1, -0.05) is 26.0 Å². The van der Waals surface area contributed by atoms with Crippen LogP contribution in [0.3, 0.4) is 0 Å². The van der Waals surface area contributed by atoms with Crippen LogP contribution in [0.2, 0.25) is 0 Å². The summed E-state index contributed by atoms with van der Waals surface area (Å²) in [4.78, 5) is 26.2. The molecule has 176 valence electrons. The van der Waals surface area contributed by atoms with E-state index in [-0.39, 0.29) is 24.0 Å². The van der Waals surface area contributed by atoms with E-state index in [1.54, 1.807) is 18.2 Å².